The van der Waals surface area contributed by atoms with Gasteiger partial charge < -0.3 is 10.1 Å². The van der Waals surface area contributed by atoms with Gasteiger partial charge in [0.05, 0.1) is 22.8 Å². The monoisotopic (exact) mass is 386 g/mol. The lowest BCUT2D eigenvalue weighted by molar-refractivity contribution is -0.115. The zero-order chi connectivity index (χ0) is 18.5. The summed E-state index contributed by atoms with van der Waals surface area (Å²) in [6, 6.07) is 9.98. The predicted molar refractivity (Wildman–Crippen MR) is 107 cm³/mol. The van der Waals surface area contributed by atoms with Crippen LogP contribution in [0.5, 0.6) is 5.75 Å². The quantitative estimate of drug-likeness (QED) is 0.579. The summed E-state index contributed by atoms with van der Waals surface area (Å²) >= 11 is 3.03. The molecule has 1 aromatic carbocycles. The van der Waals surface area contributed by atoms with Crippen molar-refractivity contribution in [3.05, 3.63) is 40.3 Å². The molecule has 6 heteroatoms. The minimum absolute atomic E-state index is 0.0891. The summed E-state index contributed by atoms with van der Waals surface area (Å²) in [5.41, 5.74) is 1.81. The molecule has 0 aliphatic heterocycles. The number of aryl methyl sites for hydroxylation is 1. The largest absolute Gasteiger partial charge is 0.496 e. The minimum atomic E-state index is -0.292. The van der Waals surface area contributed by atoms with Gasteiger partial charge in [-0.3, -0.25) is 4.79 Å². The first-order chi connectivity index (χ1) is 12.6. The SMILES string of the molecule is COc1ccccc1SC(C)C(=O)Nc1sc2c(c1C#N)CCCCC2. The molecule has 1 aliphatic carbocycles. The fourth-order valence-electron chi connectivity index (χ4n) is 3.12. The third kappa shape index (κ3) is 4.05. The number of ether oxygens (including phenoxy) is 1. The van der Waals surface area contributed by atoms with Gasteiger partial charge in [0.2, 0.25) is 5.91 Å². The lowest BCUT2D eigenvalue weighted by Crippen LogP contribution is -2.22. The number of anilines is 1. The highest BCUT2D eigenvalue weighted by Gasteiger charge is 2.23. The average Bonchev–Trinajstić information content (AvgIpc) is 2.81. The maximum atomic E-state index is 12.7. The topological polar surface area (TPSA) is 62.1 Å². The second kappa shape index (κ2) is 8.61. The van der Waals surface area contributed by atoms with Gasteiger partial charge >= 0.3 is 0 Å². The highest BCUT2D eigenvalue weighted by molar-refractivity contribution is 8.00. The van der Waals surface area contributed by atoms with Crippen LogP contribution in [0.3, 0.4) is 0 Å². The van der Waals surface area contributed by atoms with Gasteiger partial charge in [0.15, 0.2) is 0 Å². The van der Waals surface area contributed by atoms with E-state index >= 15 is 0 Å². The van der Waals surface area contributed by atoms with E-state index in [2.05, 4.69) is 11.4 Å². The maximum Gasteiger partial charge on any atom is 0.238 e. The highest BCUT2D eigenvalue weighted by Crippen LogP contribution is 2.38. The van der Waals surface area contributed by atoms with Gasteiger partial charge in [-0.15, -0.1) is 23.1 Å². The molecule has 0 fully saturated rings. The Morgan fingerprint density at radius 1 is 1.31 bits per heavy atom. The molecule has 1 atom stereocenters. The molecular weight excluding hydrogens is 364 g/mol. The molecule has 26 heavy (non-hydrogen) atoms. The molecule has 0 bridgehead atoms. The summed E-state index contributed by atoms with van der Waals surface area (Å²) in [7, 11) is 1.63. The van der Waals surface area contributed by atoms with Gasteiger partial charge in [0, 0.05) is 4.88 Å². The van der Waals surface area contributed by atoms with Crippen LogP contribution in [-0.2, 0) is 17.6 Å². The number of para-hydroxylation sites is 1. The number of carbonyl (C=O) groups excluding carboxylic acids is 1. The van der Waals surface area contributed by atoms with Crippen LogP contribution in [0.4, 0.5) is 5.00 Å². The van der Waals surface area contributed by atoms with Crippen molar-refractivity contribution in [2.45, 2.75) is 49.2 Å². The van der Waals surface area contributed by atoms with Crippen molar-refractivity contribution in [2.24, 2.45) is 0 Å². The number of nitriles is 1. The van der Waals surface area contributed by atoms with E-state index in [4.69, 9.17) is 4.74 Å². The summed E-state index contributed by atoms with van der Waals surface area (Å²) in [6.07, 6.45) is 5.43. The number of fused-ring (bicyclic) bond motifs is 1. The number of methoxy groups -OCH3 is 1. The van der Waals surface area contributed by atoms with Crippen molar-refractivity contribution >= 4 is 34.0 Å². The van der Waals surface area contributed by atoms with Crippen molar-refractivity contribution in [3.8, 4) is 11.8 Å². The number of amides is 1. The van der Waals surface area contributed by atoms with Crippen LogP contribution in [0.2, 0.25) is 0 Å². The smallest absolute Gasteiger partial charge is 0.238 e. The number of nitrogens with zero attached hydrogens (tertiary/aromatic N) is 1. The van der Waals surface area contributed by atoms with E-state index in [0.29, 0.717) is 10.6 Å². The van der Waals surface area contributed by atoms with Crippen molar-refractivity contribution < 1.29 is 9.53 Å². The van der Waals surface area contributed by atoms with Crippen LogP contribution in [0.25, 0.3) is 0 Å². The third-order valence-corrected chi connectivity index (χ3v) is 6.88. The van der Waals surface area contributed by atoms with Crippen molar-refractivity contribution in [1.82, 2.24) is 0 Å². The number of thioether (sulfide) groups is 1. The number of carbonyl (C=O) groups is 1. The molecule has 1 heterocycles. The lowest BCUT2D eigenvalue weighted by atomic mass is 10.1. The van der Waals surface area contributed by atoms with Crippen LogP contribution in [-0.4, -0.2) is 18.3 Å². The number of thiophene rings is 1. The average molecular weight is 387 g/mol. The van der Waals surface area contributed by atoms with Crippen molar-refractivity contribution in [1.29, 1.82) is 5.26 Å². The van der Waals surface area contributed by atoms with Crippen LogP contribution < -0.4 is 10.1 Å². The van der Waals surface area contributed by atoms with E-state index in [1.807, 2.05) is 31.2 Å². The van der Waals surface area contributed by atoms with Gasteiger partial charge in [-0.2, -0.15) is 5.26 Å². The number of hydrogen-bond donors (Lipinski definition) is 1. The summed E-state index contributed by atoms with van der Waals surface area (Å²) in [6.45, 7) is 1.87. The normalized spacial score (nSPS) is 14.7. The van der Waals surface area contributed by atoms with Gasteiger partial charge in [-0.1, -0.05) is 18.6 Å². The zero-order valence-electron chi connectivity index (χ0n) is 15.0. The van der Waals surface area contributed by atoms with Gasteiger partial charge in [-0.25, -0.2) is 0 Å². The second-order valence-electron chi connectivity index (χ2n) is 6.28. The van der Waals surface area contributed by atoms with Crippen LogP contribution in [0.1, 0.15) is 42.2 Å². The molecule has 1 N–H and O–H groups in total. The predicted octanol–water partition coefficient (Wildman–Crippen LogP) is 5.02. The first-order valence-electron chi connectivity index (χ1n) is 8.79. The Kier molecular flexibility index (Phi) is 6.23. The van der Waals surface area contributed by atoms with Crippen molar-refractivity contribution in [3.63, 3.8) is 0 Å². The molecule has 1 aliphatic rings. The number of benzene rings is 1. The Labute approximate surface area is 162 Å². The summed E-state index contributed by atoms with van der Waals surface area (Å²) in [4.78, 5) is 14.9. The Balaban J connectivity index is 1.74. The maximum absolute atomic E-state index is 12.7. The van der Waals surface area contributed by atoms with Crippen LogP contribution >= 0.6 is 23.1 Å². The molecule has 0 radical (unpaired) electrons. The van der Waals surface area contributed by atoms with E-state index in [-0.39, 0.29) is 11.2 Å². The third-order valence-electron chi connectivity index (χ3n) is 4.51. The van der Waals surface area contributed by atoms with Gasteiger partial charge in [0.1, 0.15) is 16.8 Å². The van der Waals surface area contributed by atoms with Gasteiger partial charge in [-0.05, 0) is 50.3 Å². The van der Waals surface area contributed by atoms with Gasteiger partial charge in [0.25, 0.3) is 0 Å². The Morgan fingerprint density at radius 2 is 2.08 bits per heavy atom. The highest BCUT2D eigenvalue weighted by atomic mass is 32.2. The first kappa shape index (κ1) is 18.8. The summed E-state index contributed by atoms with van der Waals surface area (Å²) < 4.78 is 5.35. The fraction of sp³-hybridized carbons (Fsp3) is 0.400. The minimum Gasteiger partial charge on any atom is -0.496 e. The Hall–Kier alpha value is -1.97. The standard InChI is InChI=1S/C20H22N2O2S2/c1-13(25-18-11-7-6-9-16(18)24-2)19(23)22-20-15(12-21)14-8-4-3-5-10-17(14)26-20/h6-7,9,11,13H,3-5,8,10H2,1-2H3,(H,22,23). The molecule has 2 aromatic rings. The van der Waals surface area contributed by atoms with E-state index in [1.54, 1.807) is 18.4 Å². The lowest BCUT2D eigenvalue weighted by Gasteiger charge is -2.13. The zero-order valence-corrected chi connectivity index (χ0v) is 16.6. The molecule has 1 aromatic heterocycles. The molecule has 136 valence electrons. The number of rotatable bonds is 5. The van der Waals surface area contributed by atoms with E-state index in [1.165, 1.54) is 23.1 Å². The molecule has 0 saturated carbocycles. The fourth-order valence-corrected chi connectivity index (χ4v) is 5.34. The Bertz CT molecular complexity index is 839. The first-order valence-corrected chi connectivity index (χ1v) is 10.5. The van der Waals surface area contributed by atoms with E-state index in [0.717, 1.165) is 41.9 Å². The molecule has 0 spiro atoms. The summed E-state index contributed by atoms with van der Waals surface area (Å²) in [5.74, 6) is 0.673. The van der Waals surface area contributed by atoms with Crippen LogP contribution in [0.15, 0.2) is 29.2 Å². The summed E-state index contributed by atoms with van der Waals surface area (Å²) in [5, 5.41) is 13.0. The molecule has 1 amide bonds. The van der Waals surface area contributed by atoms with E-state index < -0.39 is 0 Å². The van der Waals surface area contributed by atoms with Crippen molar-refractivity contribution in [2.75, 3.05) is 12.4 Å². The second-order valence-corrected chi connectivity index (χ2v) is 8.77. The molecule has 4 nitrogen and oxygen atoms in total. The molecule has 0 saturated heterocycles. The Morgan fingerprint density at radius 3 is 2.85 bits per heavy atom. The van der Waals surface area contributed by atoms with E-state index in [9.17, 15) is 10.1 Å². The van der Waals surface area contributed by atoms with Crippen LogP contribution in [0, 0.1) is 11.3 Å². The molecular formula is C20H22N2O2S2. The molecule has 1 unspecified atom stereocenters. The number of nitrogens with one attached hydrogen (secondary N) is 1. The molecule has 3 rings (SSSR count). The number of hydrogen-bond acceptors (Lipinski definition) is 5.